The first kappa shape index (κ1) is 15.9. The van der Waals surface area contributed by atoms with Gasteiger partial charge >= 0.3 is 0 Å². The third-order valence-corrected chi connectivity index (χ3v) is 6.45. The Labute approximate surface area is 153 Å². The van der Waals surface area contributed by atoms with Gasteiger partial charge in [0.1, 0.15) is 0 Å². The van der Waals surface area contributed by atoms with Crippen LogP contribution in [0.15, 0.2) is 46.1 Å². The first-order chi connectivity index (χ1) is 10.7. The Hall–Kier alpha value is -0.970. The molecule has 0 saturated heterocycles. The van der Waals surface area contributed by atoms with Gasteiger partial charge in [0.25, 0.3) is 5.91 Å². The quantitative estimate of drug-likeness (QED) is 0.340. The number of hydrogen-bond acceptors (Lipinski definition) is 6. The molecule has 1 aromatic carbocycles. The van der Waals surface area contributed by atoms with E-state index in [-0.39, 0.29) is 5.91 Å². The van der Waals surface area contributed by atoms with E-state index < -0.39 is 0 Å². The highest BCUT2D eigenvalue weighted by molar-refractivity contribution is 14.1. The summed E-state index contributed by atoms with van der Waals surface area (Å²) in [7, 11) is 0. The van der Waals surface area contributed by atoms with Crippen LogP contribution in [0.2, 0.25) is 0 Å². The van der Waals surface area contributed by atoms with E-state index in [2.05, 4.69) is 49.6 Å². The third kappa shape index (κ3) is 4.28. The van der Waals surface area contributed by atoms with Crippen LogP contribution in [-0.2, 0) is 5.75 Å². The number of carbonyl (C=O) groups is 1. The van der Waals surface area contributed by atoms with Gasteiger partial charge in [-0.2, -0.15) is 0 Å². The molecule has 3 aromatic rings. The summed E-state index contributed by atoms with van der Waals surface area (Å²) in [5.41, 5.74) is 0.614. The molecule has 1 N–H and O–H groups in total. The number of rotatable bonds is 5. The van der Waals surface area contributed by atoms with E-state index in [1.54, 1.807) is 35.2 Å². The van der Waals surface area contributed by atoms with Crippen molar-refractivity contribution < 1.29 is 4.79 Å². The molecule has 0 atom stereocenters. The molecule has 0 saturated carbocycles. The number of amides is 1. The lowest BCUT2D eigenvalue weighted by Gasteiger charge is -2.00. The molecule has 0 radical (unpaired) electrons. The van der Waals surface area contributed by atoms with Crippen LogP contribution in [0.1, 0.15) is 15.2 Å². The van der Waals surface area contributed by atoms with E-state index in [0.717, 1.165) is 13.7 Å². The standard InChI is InChI=1S/C14H10IN3OS3/c15-10-5-3-9(4-6-10)12(19)16-13-17-18-14(22-13)21-8-11-2-1-7-20-11/h1-7H,8H2,(H,16,17,19). The molecule has 1 amide bonds. The summed E-state index contributed by atoms with van der Waals surface area (Å²) < 4.78 is 1.95. The maximum atomic E-state index is 12.1. The largest absolute Gasteiger partial charge is 0.296 e. The van der Waals surface area contributed by atoms with Crippen molar-refractivity contribution in [3.05, 3.63) is 55.8 Å². The second-order valence-corrected chi connectivity index (χ2v) is 8.68. The zero-order valence-corrected chi connectivity index (χ0v) is 15.8. The van der Waals surface area contributed by atoms with Crippen LogP contribution in [0, 0.1) is 3.57 Å². The van der Waals surface area contributed by atoms with Crippen molar-refractivity contribution in [1.29, 1.82) is 0 Å². The van der Waals surface area contributed by atoms with Gasteiger partial charge in [-0.05, 0) is 58.3 Å². The number of hydrogen-bond donors (Lipinski definition) is 1. The fourth-order valence-corrected chi connectivity index (χ4v) is 4.50. The third-order valence-electron chi connectivity index (χ3n) is 2.65. The Kier molecular flexibility index (Phi) is 5.45. The average molecular weight is 459 g/mol. The Balaban J connectivity index is 1.59. The molecule has 0 unspecified atom stereocenters. The number of thiophene rings is 1. The maximum absolute atomic E-state index is 12.1. The molecule has 0 fully saturated rings. The number of thioether (sulfide) groups is 1. The number of halogens is 1. The van der Waals surface area contributed by atoms with Crippen molar-refractivity contribution in [3.8, 4) is 0 Å². The van der Waals surface area contributed by atoms with Crippen molar-refractivity contribution in [2.24, 2.45) is 0 Å². The van der Waals surface area contributed by atoms with E-state index in [4.69, 9.17) is 0 Å². The lowest BCUT2D eigenvalue weighted by atomic mass is 10.2. The van der Waals surface area contributed by atoms with Crippen LogP contribution in [0.3, 0.4) is 0 Å². The smallest absolute Gasteiger partial charge is 0.257 e. The maximum Gasteiger partial charge on any atom is 0.257 e. The van der Waals surface area contributed by atoms with Gasteiger partial charge in [0, 0.05) is 19.8 Å². The second-order valence-electron chi connectivity index (χ2n) is 4.20. The lowest BCUT2D eigenvalue weighted by Crippen LogP contribution is -2.11. The van der Waals surface area contributed by atoms with Crippen LogP contribution in [0.5, 0.6) is 0 Å². The van der Waals surface area contributed by atoms with Crippen molar-refractivity contribution in [2.75, 3.05) is 5.32 Å². The molecular weight excluding hydrogens is 449 g/mol. The van der Waals surface area contributed by atoms with Crippen molar-refractivity contribution in [3.63, 3.8) is 0 Å². The number of aromatic nitrogens is 2. The molecule has 0 aliphatic heterocycles. The first-order valence-electron chi connectivity index (χ1n) is 6.26. The van der Waals surface area contributed by atoms with Crippen LogP contribution < -0.4 is 5.32 Å². The number of anilines is 1. The molecule has 4 nitrogen and oxygen atoms in total. The number of carbonyl (C=O) groups excluding carboxylic acids is 1. The topological polar surface area (TPSA) is 54.9 Å². The Morgan fingerprint density at radius 1 is 1.23 bits per heavy atom. The summed E-state index contributed by atoms with van der Waals surface area (Å²) in [6.45, 7) is 0. The van der Waals surface area contributed by atoms with Gasteiger partial charge in [-0.25, -0.2) is 0 Å². The van der Waals surface area contributed by atoms with Gasteiger partial charge in [-0.1, -0.05) is 29.2 Å². The highest BCUT2D eigenvalue weighted by Gasteiger charge is 2.10. The molecule has 0 aliphatic carbocycles. The number of nitrogens with zero attached hydrogens (tertiary/aromatic N) is 2. The van der Waals surface area contributed by atoms with Gasteiger partial charge < -0.3 is 0 Å². The monoisotopic (exact) mass is 459 g/mol. The molecule has 2 aromatic heterocycles. The van der Waals surface area contributed by atoms with Gasteiger partial charge in [0.05, 0.1) is 0 Å². The molecule has 112 valence electrons. The van der Waals surface area contributed by atoms with Crippen LogP contribution in [0.25, 0.3) is 0 Å². The van der Waals surface area contributed by atoms with Gasteiger partial charge in [-0.15, -0.1) is 21.5 Å². The fourth-order valence-electron chi connectivity index (χ4n) is 1.62. The number of benzene rings is 1. The SMILES string of the molecule is O=C(Nc1nnc(SCc2cccs2)s1)c1ccc(I)cc1. The minimum atomic E-state index is -0.164. The van der Waals surface area contributed by atoms with Crippen LogP contribution >= 0.6 is 57.0 Å². The Morgan fingerprint density at radius 3 is 2.77 bits per heavy atom. The highest BCUT2D eigenvalue weighted by Crippen LogP contribution is 2.29. The van der Waals surface area contributed by atoms with Crippen molar-refractivity contribution >= 4 is 68.1 Å². The highest BCUT2D eigenvalue weighted by atomic mass is 127. The molecule has 0 spiro atoms. The average Bonchev–Trinajstić information content (AvgIpc) is 3.17. The van der Waals surface area contributed by atoms with Crippen molar-refractivity contribution in [2.45, 2.75) is 10.1 Å². The second kappa shape index (κ2) is 7.53. The predicted molar refractivity (Wildman–Crippen MR) is 101 cm³/mol. The van der Waals surface area contributed by atoms with Crippen molar-refractivity contribution in [1.82, 2.24) is 10.2 Å². The minimum Gasteiger partial charge on any atom is -0.296 e. The molecule has 8 heteroatoms. The van der Waals surface area contributed by atoms with Gasteiger partial charge in [0.15, 0.2) is 4.34 Å². The van der Waals surface area contributed by atoms with E-state index in [9.17, 15) is 4.79 Å². The molecule has 2 heterocycles. The summed E-state index contributed by atoms with van der Waals surface area (Å²) in [4.78, 5) is 13.4. The molecule has 0 bridgehead atoms. The van der Waals surface area contributed by atoms with Gasteiger partial charge in [-0.3, -0.25) is 10.1 Å². The molecule has 22 heavy (non-hydrogen) atoms. The molecular formula is C14H10IN3OS3. The number of nitrogens with one attached hydrogen (secondary N) is 1. The molecule has 3 rings (SSSR count). The summed E-state index contributed by atoms with van der Waals surface area (Å²) in [6.07, 6.45) is 0. The van der Waals surface area contributed by atoms with Crippen LogP contribution in [0.4, 0.5) is 5.13 Å². The van der Waals surface area contributed by atoms with Gasteiger partial charge in [0.2, 0.25) is 5.13 Å². The van der Waals surface area contributed by atoms with E-state index >= 15 is 0 Å². The Morgan fingerprint density at radius 2 is 2.05 bits per heavy atom. The Bertz CT molecular complexity index is 756. The van der Waals surface area contributed by atoms with E-state index in [0.29, 0.717) is 10.7 Å². The molecule has 0 aliphatic rings. The predicted octanol–water partition coefficient (Wildman–Crippen LogP) is 4.75. The van der Waals surface area contributed by atoms with E-state index in [1.807, 2.05) is 18.2 Å². The fraction of sp³-hybridized carbons (Fsp3) is 0.0714. The summed E-state index contributed by atoms with van der Waals surface area (Å²) in [6, 6.07) is 11.5. The summed E-state index contributed by atoms with van der Waals surface area (Å²) in [5.74, 6) is 0.708. The van der Waals surface area contributed by atoms with Crippen LogP contribution in [-0.4, -0.2) is 16.1 Å². The zero-order chi connectivity index (χ0) is 15.4. The van der Waals surface area contributed by atoms with E-state index in [1.165, 1.54) is 16.2 Å². The first-order valence-corrected chi connectivity index (χ1v) is 10.0. The zero-order valence-electron chi connectivity index (χ0n) is 11.2. The lowest BCUT2D eigenvalue weighted by molar-refractivity contribution is 0.102. The summed E-state index contributed by atoms with van der Waals surface area (Å²) >= 11 is 6.95. The summed E-state index contributed by atoms with van der Waals surface area (Å²) in [5, 5.41) is 13.5. The normalized spacial score (nSPS) is 10.6. The minimum absolute atomic E-state index is 0.164.